The molecule has 1 aliphatic rings. The standard InChI is InChI=1S/C53H34N4O2/c1-31-24-29-45-49(50-46(59-45)23-12-30-54-50)47(31)53-56-51(32-13-3-2-4-14-32)55-52(57-53)41-28-27-38(35-17-7-8-18-36(35)41)37-25-26-39(34-16-6-5-15-33(34)37)40-20-11-22-44-48(40)42-19-9-10-21-43(42)58-44/h2-31,47H,1H3. The summed E-state index contributed by atoms with van der Waals surface area (Å²) in [5.74, 6) is 2.66. The fourth-order valence-electron chi connectivity index (χ4n) is 9.23. The summed E-state index contributed by atoms with van der Waals surface area (Å²) in [5, 5.41) is 6.80. The van der Waals surface area contributed by atoms with Gasteiger partial charge >= 0.3 is 0 Å². The van der Waals surface area contributed by atoms with Crippen molar-refractivity contribution in [2.24, 2.45) is 5.92 Å². The maximum absolute atomic E-state index is 6.30. The third-order valence-corrected chi connectivity index (χ3v) is 11.9. The summed E-state index contributed by atoms with van der Waals surface area (Å²) in [5.41, 5.74) is 10.9. The van der Waals surface area contributed by atoms with Gasteiger partial charge < -0.3 is 8.83 Å². The van der Waals surface area contributed by atoms with E-state index in [9.17, 15) is 0 Å². The zero-order valence-electron chi connectivity index (χ0n) is 32.0. The average Bonchev–Trinajstić information content (AvgIpc) is 3.87. The average molecular weight is 759 g/mol. The molecular weight excluding hydrogens is 725 g/mol. The van der Waals surface area contributed by atoms with Gasteiger partial charge in [-0.05, 0) is 86.1 Å². The molecule has 6 heteroatoms. The van der Waals surface area contributed by atoms with E-state index >= 15 is 0 Å². The normalized spacial score (nSPS) is 15.1. The lowest BCUT2D eigenvalue weighted by Gasteiger charge is -2.24. The number of aromatic nitrogens is 4. The van der Waals surface area contributed by atoms with Crippen molar-refractivity contribution in [2.75, 3.05) is 0 Å². The highest BCUT2D eigenvalue weighted by atomic mass is 16.3. The Morgan fingerprint density at radius 1 is 0.458 bits per heavy atom. The summed E-state index contributed by atoms with van der Waals surface area (Å²) < 4.78 is 12.6. The maximum Gasteiger partial charge on any atom is 0.164 e. The monoisotopic (exact) mass is 758 g/mol. The molecule has 7 aromatic carbocycles. The molecule has 0 spiro atoms. The first kappa shape index (κ1) is 33.4. The molecule has 6 nitrogen and oxygen atoms in total. The third kappa shape index (κ3) is 5.26. The molecule has 12 rings (SSSR count). The van der Waals surface area contributed by atoms with Crippen LogP contribution in [0.3, 0.4) is 0 Å². The number of hydrogen-bond acceptors (Lipinski definition) is 6. The predicted octanol–water partition coefficient (Wildman–Crippen LogP) is 13.7. The van der Waals surface area contributed by atoms with Crippen molar-refractivity contribution in [3.05, 3.63) is 187 Å². The Hall–Kier alpha value is -7.70. The van der Waals surface area contributed by atoms with Gasteiger partial charge in [0.1, 0.15) is 28.3 Å². The van der Waals surface area contributed by atoms with Crippen molar-refractivity contribution >= 4 is 60.7 Å². The van der Waals surface area contributed by atoms with Crippen molar-refractivity contribution in [2.45, 2.75) is 12.8 Å². The summed E-state index contributed by atoms with van der Waals surface area (Å²) in [7, 11) is 0. The number of fused-ring (bicyclic) bond motifs is 8. The van der Waals surface area contributed by atoms with Crippen molar-refractivity contribution < 1.29 is 8.83 Å². The molecule has 278 valence electrons. The Morgan fingerprint density at radius 2 is 1.05 bits per heavy atom. The van der Waals surface area contributed by atoms with Crippen molar-refractivity contribution in [1.82, 2.24) is 19.9 Å². The van der Waals surface area contributed by atoms with E-state index in [1.54, 1.807) is 0 Å². The van der Waals surface area contributed by atoms with Crippen LogP contribution in [0.1, 0.15) is 30.0 Å². The summed E-state index contributed by atoms with van der Waals surface area (Å²) in [4.78, 5) is 20.5. The number of pyridine rings is 1. The van der Waals surface area contributed by atoms with Gasteiger partial charge in [-0.3, -0.25) is 4.98 Å². The molecule has 0 aliphatic heterocycles. The Morgan fingerprint density at radius 3 is 1.80 bits per heavy atom. The van der Waals surface area contributed by atoms with Gasteiger partial charge in [-0.1, -0.05) is 140 Å². The van der Waals surface area contributed by atoms with E-state index in [4.69, 9.17) is 28.8 Å². The molecule has 11 aromatic rings. The van der Waals surface area contributed by atoms with Crippen molar-refractivity contribution in [3.63, 3.8) is 0 Å². The van der Waals surface area contributed by atoms with Crippen molar-refractivity contribution in [3.8, 4) is 45.0 Å². The summed E-state index contributed by atoms with van der Waals surface area (Å²) in [6.45, 7) is 2.20. The first-order valence-corrected chi connectivity index (χ1v) is 20.0. The highest BCUT2D eigenvalue weighted by molar-refractivity contribution is 6.17. The maximum atomic E-state index is 6.30. The van der Waals surface area contributed by atoms with Crippen LogP contribution in [-0.2, 0) is 0 Å². The molecule has 0 N–H and O–H groups in total. The largest absolute Gasteiger partial charge is 0.456 e. The molecule has 2 atom stereocenters. The van der Waals surface area contributed by atoms with Crippen LogP contribution >= 0.6 is 0 Å². The van der Waals surface area contributed by atoms with Gasteiger partial charge in [0.15, 0.2) is 17.2 Å². The quantitative estimate of drug-likeness (QED) is 0.174. The fraction of sp³-hybridized carbons (Fsp3) is 0.0566. The van der Waals surface area contributed by atoms with Crippen LogP contribution in [-0.4, -0.2) is 19.9 Å². The van der Waals surface area contributed by atoms with Crippen LogP contribution in [0.25, 0.3) is 106 Å². The Balaban J connectivity index is 1.04. The molecule has 4 aromatic heterocycles. The molecule has 0 saturated carbocycles. The number of para-hydroxylation sites is 1. The highest BCUT2D eigenvalue weighted by Gasteiger charge is 2.34. The van der Waals surface area contributed by atoms with Crippen LogP contribution in [0, 0.1) is 5.92 Å². The summed E-state index contributed by atoms with van der Waals surface area (Å²) >= 11 is 0. The minimum Gasteiger partial charge on any atom is -0.456 e. The van der Waals surface area contributed by atoms with Crippen LogP contribution in [0.4, 0.5) is 0 Å². The van der Waals surface area contributed by atoms with E-state index in [2.05, 4.69) is 134 Å². The first-order chi connectivity index (χ1) is 29.2. The van der Waals surface area contributed by atoms with E-state index < -0.39 is 0 Å². The smallest absolute Gasteiger partial charge is 0.164 e. The van der Waals surface area contributed by atoms with Crippen LogP contribution in [0.15, 0.2) is 179 Å². The Kier molecular flexibility index (Phi) is 7.47. The predicted molar refractivity (Wildman–Crippen MR) is 238 cm³/mol. The molecule has 4 heterocycles. The zero-order chi connectivity index (χ0) is 39.0. The third-order valence-electron chi connectivity index (χ3n) is 11.9. The minimum absolute atomic E-state index is 0.0961. The highest BCUT2D eigenvalue weighted by Crippen LogP contribution is 2.46. The second-order valence-corrected chi connectivity index (χ2v) is 15.3. The van der Waals surface area contributed by atoms with Crippen LogP contribution < -0.4 is 0 Å². The van der Waals surface area contributed by atoms with Crippen molar-refractivity contribution in [1.29, 1.82) is 0 Å². The Labute approximate surface area is 339 Å². The lowest BCUT2D eigenvalue weighted by Crippen LogP contribution is -2.18. The number of furan rings is 2. The Bertz CT molecular complexity index is 3490. The van der Waals surface area contributed by atoms with E-state index in [0.717, 1.165) is 83.0 Å². The minimum atomic E-state index is -0.184. The first-order valence-electron chi connectivity index (χ1n) is 20.0. The zero-order valence-corrected chi connectivity index (χ0v) is 32.0. The number of rotatable bonds is 5. The molecule has 0 bridgehead atoms. The molecule has 0 radical (unpaired) electrons. The molecule has 0 fully saturated rings. The van der Waals surface area contributed by atoms with E-state index in [-0.39, 0.29) is 11.8 Å². The van der Waals surface area contributed by atoms with Gasteiger partial charge in [-0.2, -0.15) is 0 Å². The van der Waals surface area contributed by atoms with Crippen LogP contribution in [0.5, 0.6) is 0 Å². The van der Waals surface area contributed by atoms with E-state index in [1.165, 1.54) is 16.3 Å². The van der Waals surface area contributed by atoms with Gasteiger partial charge in [-0.25, -0.2) is 15.0 Å². The van der Waals surface area contributed by atoms with Gasteiger partial charge in [0.25, 0.3) is 0 Å². The number of hydrogen-bond donors (Lipinski definition) is 0. The molecule has 0 saturated heterocycles. The van der Waals surface area contributed by atoms with E-state index in [0.29, 0.717) is 17.5 Å². The van der Waals surface area contributed by atoms with Crippen LogP contribution in [0.2, 0.25) is 0 Å². The van der Waals surface area contributed by atoms with Gasteiger partial charge in [0.05, 0.1) is 5.92 Å². The lowest BCUT2D eigenvalue weighted by molar-refractivity contribution is 0.545. The second kappa shape index (κ2) is 13.2. The van der Waals surface area contributed by atoms with Gasteiger partial charge in [0, 0.05) is 33.7 Å². The summed E-state index contributed by atoms with van der Waals surface area (Å²) in [6, 6.07) is 54.9. The molecule has 2 unspecified atom stereocenters. The molecule has 59 heavy (non-hydrogen) atoms. The van der Waals surface area contributed by atoms with Gasteiger partial charge in [0.2, 0.25) is 0 Å². The summed E-state index contributed by atoms with van der Waals surface area (Å²) in [6.07, 6.45) is 6.05. The number of allylic oxidation sites excluding steroid dienone is 1. The number of benzene rings is 7. The lowest BCUT2D eigenvalue weighted by atomic mass is 9.82. The SMILES string of the molecule is CC1C=Cc2oc3cccnc3c2C1c1nc(-c2ccccc2)nc(-c2ccc(-c3ccc(-c4cccc5oc6ccccc6c45)c4ccccc34)c3ccccc23)n1. The molecular formula is C53H34N4O2. The fourth-order valence-corrected chi connectivity index (χ4v) is 9.23. The topological polar surface area (TPSA) is 77.8 Å². The molecule has 0 amide bonds. The number of nitrogens with zero attached hydrogens (tertiary/aromatic N) is 4. The molecule has 1 aliphatic carbocycles. The van der Waals surface area contributed by atoms with E-state index in [1.807, 2.05) is 48.7 Å². The second-order valence-electron chi connectivity index (χ2n) is 15.3. The van der Waals surface area contributed by atoms with Gasteiger partial charge in [-0.15, -0.1) is 0 Å².